The van der Waals surface area contributed by atoms with E-state index < -0.39 is 0 Å². The molecule has 11 heavy (non-hydrogen) atoms. The SMILES string of the molecule is CCc1noc(C)c1C(C)C. The monoisotopic (exact) mass is 153 g/mol. The van der Waals surface area contributed by atoms with Crippen molar-refractivity contribution in [2.75, 3.05) is 0 Å². The van der Waals surface area contributed by atoms with Crippen molar-refractivity contribution in [3.63, 3.8) is 0 Å². The van der Waals surface area contributed by atoms with E-state index in [1.807, 2.05) is 6.92 Å². The van der Waals surface area contributed by atoms with Crippen LogP contribution in [0, 0.1) is 6.92 Å². The topological polar surface area (TPSA) is 26.0 Å². The number of hydrogen-bond donors (Lipinski definition) is 0. The molecule has 0 aliphatic carbocycles. The summed E-state index contributed by atoms with van der Waals surface area (Å²) in [4.78, 5) is 0. The molecule has 2 heteroatoms. The Bertz CT molecular complexity index is 238. The van der Waals surface area contributed by atoms with E-state index in [-0.39, 0.29) is 0 Å². The van der Waals surface area contributed by atoms with Crippen LogP contribution in [-0.4, -0.2) is 5.16 Å². The molecule has 1 aromatic rings. The Morgan fingerprint density at radius 1 is 1.45 bits per heavy atom. The third-order valence-electron chi connectivity index (χ3n) is 1.90. The van der Waals surface area contributed by atoms with Gasteiger partial charge < -0.3 is 4.52 Å². The van der Waals surface area contributed by atoms with E-state index in [1.54, 1.807) is 0 Å². The van der Waals surface area contributed by atoms with Crippen molar-refractivity contribution in [1.82, 2.24) is 5.16 Å². The van der Waals surface area contributed by atoms with Gasteiger partial charge in [-0.3, -0.25) is 0 Å². The first-order chi connectivity index (χ1) is 5.16. The molecule has 0 aliphatic heterocycles. The van der Waals surface area contributed by atoms with Crippen molar-refractivity contribution in [3.8, 4) is 0 Å². The van der Waals surface area contributed by atoms with Crippen LogP contribution >= 0.6 is 0 Å². The molecule has 0 fully saturated rings. The maximum Gasteiger partial charge on any atom is 0.137 e. The lowest BCUT2D eigenvalue weighted by Crippen LogP contribution is -1.93. The Morgan fingerprint density at radius 3 is 2.45 bits per heavy atom. The highest BCUT2D eigenvalue weighted by Crippen LogP contribution is 2.22. The van der Waals surface area contributed by atoms with Gasteiger partial charge in [-0.25, -0.2) is 0 Å². The van der Waals surface area contributed by atoms with Crippen molar-refractivity contribution in [2.24, 2.45) is 0 Å². The van der Waals surface area contributed by atoms with Crippen LogP contribution in [0.5, 0.6) is 0 Å². The lowest BCUT2D eigenvalue weighted by Gasteiger charge is -2.02. The summed E-state index contributed by atoms with van der Waals surface area (Å²) in [5.41, 5.74) is 2.39. The lowest BCUT2D eigenvalue weighted by atomic mass is 10.0. The maximum absolute atomic E-state index is 5.10. The number of nitrogens with zero attached hydrogens (tertiary/aromatic N) is 1. The van der Waals surface area contributed by atoms with E-state index in [0.29, 0.717) is 5.92 Å². The highest BCUT2D eigenvalue weighted by atomic mass is 16.5. The average molecular weight is 153 g/mol. The van der Waals surface area contributed by atoms with Crippen molar-refractivity contribution in [3.05, 3.63) is 17.0 Å². The van der Waals surface area contributed by atoms with Crippen molar-refractivity contribution in [2.45, 2.75) is 40.0 Å². The zero-order chi connectivity index (χ0) is 8.43. The van der Waals surface area contributed by atoms with Crippen LogP contribution in [0.3, 0.4) is 0 Å². The molecule has 0 saturated carbocycles. The smallest absolute Gasteiger partial charge is 0.137 e. The van der Waals surface area contributed by atoms with Gasteiger partial charge in [0.05, 0.1) is 5.69 Å². The lowest BCUT2D eigenvalue weighted by molar-refractivity contribution is 0.390. The summed E-state index contributed by atoms with van der Waals surface area (Å²) < 4.78 is 5.10. The second kappa shape index (κ2) is 3.07. The maximum atomic E-state index is 5.10. The van der Waals surface area contributed by atoms with Crippen LogP contribution in [0.4, 0.5) is 0 Å². The molecule has 1 heterocycles. The van der Waals surface area contributed by atoms with Gasteiger partial charge in [0.15, 0.2) is 0 Å². The van der Waals surface area contributed by atoms with Crippen LogP contribution in [0.2, 0.25) is 0 Å². The molecule has 62 valence electrons. The van der Waals surface area contributed by atoms with Crippen molar-refractivity contribution in [1.29, 1.82) is 0 Å². The third-order valence-corrected chi connectivity index (χ3v) is 1.90. The van der Waals surface area contributed by atoms with Crippen LogP contribution in [0.1, 0.15) is 43.7 Å². The van der Waals surface area contributed by atoms with Crippen LogP contribution in [-0.2, 0) is 6.42 Å². The first kappa shape index (κ1) is 8.31. The predicted octanol–water partition coefficient (Wildman–Crippen LogP) is 2.67. The summed E-state index contributed by atoms with van der Waals surface area (Å²) in [6.07, 6.45) is 0.963. The fourth-order valence-electron chi connectivity index (χ4n) is 1.42. The molecule has 0 spiro atoms. The van der Waals surface area contributed by atoms with E-state index in [1.165, 1.54) is 5.56 Å². The highest BCUT2D eigenvalue weighted by Gasteiger charge is 2.13. The largest absolute Gasteiger partial charge is 0.361 e. The van der Waals surface area contributed by atoms with E-state index in [4.69, 9.17) is 4.52 Å². The molecule has 0 radical (unpaired) electrons. The normalized spacial score (nSPS) is 11.0. The number of aryl methyl sites for hydroxylation is 2. The highest BCUT2D eigenvalue weighted by molar-refractivity contribution is 5.25. The molecule has 0 aliphatic rings. The van der Waals surface area contributed by atoms with E-state index in [0.717, 1.165) is 17.9 Å². The van der Waals surface area contributed by atoms with Crippen LogP contribution < -0.4 is 0 Å². The summed E-state index contributed by atoms with van der Waals surface area (Å²) in [5.74, 6) is 1.49. The fourth-order valence-corrected chi connectivity index (χ4v) is 1.42. The molecule has 0 N–H and O–H groups in total. The van der Waals surface area contributed by atoms with Gasteiger partial charge in [-0.05, 0) is 19.3 Å². The molecular formula is C9H15NO. The zero-order valence-electron chi connectivity index (χ0n) is 7.64. The van der Waals surface area contributed by atoms with Gasteiger partial charge in [0, 0.05) is 5.56 Å². The number of rotatable bonds is 2. The van der Waals surface area contributed by atoms with Crippen LogP contribution in [0.25, 0.3) is 0 Å². The first-order valence-corrected chi connectivity index (χ1v) is 4.11. The zero-order valence-corrected chi connectivity index (χ0v) is 7.64. The molecule has 0 aromatic carbocycles. The minimum atomic E-state index is 0.524. The van der Waals surface area contributed by atoms with E-state index in [2.05, 4.69) is 25.9 Å². The second-order valence-corrected chi connectivity index (χ2v) is 3.11. The molecule has 1 aromatic heterocycles. The molecule has 0 amide bonds. The minimum Gasteiger partial charge on any atom is -0.361 e. The molecule has 1 rings (SSSR count). The Morgan fingerprint density at radius 2 is 2.09 bits per heavy atom. The van der Waals surface area contributed by atoms with Crippen LogP contribution in [0.15, 0.2) is 4.52 Å². The number of aromatic nitrogens is 1. The second-order valence-electron chi connectivity index (χ2n) is 3.11. The minimum absolute atomic E-state index is 0.524. The first-order valence-electron chi connectivity index (χ1n) is 4.11. The quantitative estimate of drug-likeness (QED) is 0.652. The van der Waals surface area contributed by atoms with E-state index in [9.17, 15) is 0 Å². The van der Waals surface area contributed by atoms with Gasteiger partial charge >= 0.3 is 0 Å². The molecule has 0 bridgehead atoms. The molecular weight excluding hydrogens is 138 g/mol. The summed E-state index contributed by atoms with van der Waals surface area (Å²) in [6, 6.07) is 0. The van der Waals surface area contributed by atoms with Crippen molar-refractivity contribution >= 4 is 0 Å². The Kier molecular flexibility index (Phi) is 2.32. The Labute approximate surface area is 67.6 Å². The summed E-state index contributed by atoms with van der Waals surface area (Å²) in [7, 11) is 0. The van der Waals surface area contributed by atoms with Gasteiger partial charge in [-0.15, -0.1) is 0 Å². The van der Waals surface area contributed by atoms with Gasteiger partial charge in [0.2, 0.25) is 0 Å². The third kappa shape index (κ3) is 1.44. The van der Waals surface area contributed by atoms with E-state index >= 15 is 0 Å². The fraction of sp³-hybridized carbons (Fsp3) is 0.667. The average Bonchev–Trinajstić information content (AvgIpc) is 2.30. The predicted molar refractivity (Wildman–Crippen MR) is 44.7 cm³/mol. The Hall–Kier alpha value is -0.790. The Balaban J connectivity index is 3.07. The summed E-state index contributed by atoms with van der Waals surface area (Å²) in [6.45, 7) is 8.40. The summed E-state index contributed by atoms with van der Waals surface area (Å²) >= 11 is 0. The standard InChI is InChI=1S/C9H15NO/c1-5-8-9(6(2)3)7(4)11-10-8/h6H,5H2,1-4H3. The van der Waals surface area contributed by atoms with Gasteiger partial charge in [-0.1, -0.05) is 25.9 Å². The van der Waals surface area contributed by atoms with Gasteiger partial charge in [0.25, 0.3) is 0 Å². The van der Waals surface area contributed by atoms with Gasteiger partial charge in [-0.2, -0.15) is 0 Å². The van der Waals surface area contributed by atoms with Crippen molar-refractivity contribution < 1.29 is 4.52 Å². The molecule has 2 nitrogen and oxygen atoms in total. The molecule has 0 unspecified atom stereocenters. The summed E-state index contributed by atoms with van der Waals surface area (Å²) in [5, 5.41) is 3.98. The molecule has 0 saturated heterocycles. The molecule has 0 atom stereocenters. The van der Waals surface area contributed by atoms with Gasteiger partial charge in [0.1, 0.15) is 5.76 Å². The number of hydrogen-bond acceptors (Lipinski definition) is 2.